The van der Waals surface area contributed by atoms with Crippen LogP contribution in [0.4, 0.5) is 5.95 Å². The van der Waals surface area contributed by atoms with Gasteiger partial charge in [0.1, 0.15) is 12.8 Å². The van der Waals surface area contributed by atoms with Gasteiger partial charge in [0, 0.05) is 0 Å². The van der Waals surface area contributed by atoms with Crippen molar-refractivity contribution >= 4 is 23.1 Å². The number of esters is 1. The van der Waals surface area contributed by atoms with E-state index >= 15 is 0 Å². The Labute approximate surface area is 131 Å². The average molecular weight is 321 g/mol. The standard InChI is InChI=1S/C14H19N5O4/c1-7(2)13(21)22-5-8-3-4-9(23-8)19-6-16-10-11(19)17-14(15)18-12(10)20/h6-9H,3-5H2,1-2H3,(H3,15,17,18,20). The molecule has 1 saturated heterocycles. The smallest absolute Gasteiger partial charge is 0.308 e. The highest BCUT2D eigenvalue weighted by molar-refractivity contribution is 5.71. The Bertz CT molecular complexity index is 781. The van der Waals surface area contributed by atoms with Crippen molar-refractivity contribution in [1.82, 2.24) is 19.5 Å². The Morgan fingerprint density at radius 2 is 2.35 bits per heavy atom. The number of nitrogens with zero attached hydrogens (tertiary/aromatic N) is 3. The van der Waals surface area contributed by atoms with Crippen molar-refractivity contribution in [3.05, 3.63) is 16.7 Å². The van der Waals surface area contributed by atoms with Crippen molar-refractivity contribution < 1.29 is 14.3 Å². The molecule has 0 amide bonds. The van der Waals surface area contributed by atoms with Crippen molar-refractivity contribution in [3.8, 4) is 0 Å². The fourth-order valence-corrected chi connectivity index (χ4v) is 2.51. The number of H-pyrrole nitrogens is 1. The second kappa shape index (κ2) is 5.99. The SMILES string of the molecule is CC(C)C(=O)OCC1CCC(n2cnc3c(=O)[nH]c(N)nc32)O1. The van der Waals surface area contributed by atoms with E-state index in [-0.39, 0.29) is 47.9 Å². The molecule has 1 fully saturated rings. The molecule has 23 heavy (non-hydrogen) atoms. The highest BCUT2D eigenvalue weighted by Crippen LogP contribution is 2.30. The topological polar surface area (TPSA) is 125 Å². The lowest BCUT2D eigenvalue weighted by Gasteiger charge is -2.16. The maximum atomic E-state index is 11.8. The molecule has 0 aromatic carbocycles. The molecule has 0 aliphatic carbocycles. The van der Waals surface area contributed by atoms with Crippen molar-refractivity contribution in [3.63, 3.8) is 0 Å². The summed E-state index contributed by atoms with van der Waals surface area (Å²) in [5.74, 6) is -0.376. The van der Waals surface area contributed by atoms with Gasteiger partial charge in [-0.05, 0) is 12.8 Å². The Hall–Kier alpha value is -2.42. The van der Waals surface area contributed by atoms with Gasteiger partial charge >= 0.3 is 5.97 Å². The van der Waals surface area contributed by atoms with Crippen LogP contribution < -0.4 is 11.3 Å². The minimum atomic E-state index is -0.383. The van der Waals surface area contributed by atoms with Gasteiger partial charge in [0.05, 0.1) is 18.3 Å². The molecule has 1 aliphatic heterocycles. The highest BCUT2D eigenvalue weighted by atomic mass is 16.6. The molecule has 2 aromatic heterocycles. The van der Waals surface area contributed by atoms with Gasteiger partial charge in [0.2, 0.25) is 5.95 Å². The molecule has 3 N–H and O–H groups in total. The van der Waals surface area contributed by atoms with Crippen LogP contribution in [-0.2, 0) is 14.3 Å². The lowest BCUT2D eigenvalue weighted by atomic mass is 10.2. The number of carbonyl (C=O) groups excluding carboxylic acids is 1. The number of carbonyl (C=O) groups is 1. The van der Waals surface area contributed by atoms with Crippen molar-refractivity contribution in [2.24, 2.45) is 5.92 Å². The Balaban J connectivity index is 1.72. The van der Waals surface area contributed by atoms with Crippen LogP contribution in [0.3, 0.4) is 0 Å². The Morgan fingerprint density at radius 1 is 1.57 bits per heavy atom. The number of hydrogen-bond acceptors (Lipinski definition) is 7. The number of anilines is 1. The molecule has 3 heterocycles. The van der Waals surface area contributed by atoms with Crippen LogP contribution in [0.2, 0.25) is 0 Å². The summed E-state index contributed by atoms with van der Waals surface area (Å²) < 4.78 is 12.8. The van der Waals surface area contributed by atoms with E-state index in [1.54, 1.807) is 18.4 Å². The number of ether oxygens (including phenoxy) is 2. The zero-order valence-corrected chi connectivity index (χ0v) is 13.0. The van der Waals surface area contributed by atoms with E-state index in [0.717, 1.165) is 6.42 Å². The van der Waals surface area contributed by atoms with Crippen LogP contribution in [0.5, 0.6) is 0 Å². The van der Waals surface area contributed by atoms with Crippen molar-refractivity contribution in [2.45, 2.75) is 39.0 Å². The molecule has 0 radical (unpaired) electrons. The molecule has 1 aliphatic rings. The molecule has 124 valence electrons. The summed E-state index contributed by atoms with van der Waals surface area (Å²) in [7, 11) is 0. The predicted octanol–water partition coefficient (Wildman–Crippen LogP) is 0.579. The van der Waals surface area contributed by atoms with Crippen LogP contribution in [-0.4, -0.2) is 38.2 Å². The largest absolute Gasteiger partial charge is 0.463 e. The summed E-state index contributed by atoms with van der Waals surface area (Å²) in [4.78, 5) is 33.9. The minimum absolute atomic E-state index is 0.0321. The lowest BCUT2D eigenvalue weighted by molar-refractivity contribution is -0.152. The van der Waals surface area contributed by atoms with Gasteiger partial charge in [-0.25, -0.2) is 4.98 Å². The number of nitrogens with two attached hydrogens (primary N) is 1. The van der Waals surface area contributed by atoms with Gasteiger partial charge in [-0.3, -0.25) is 19.1 Å². The fraction of sp³-hybridized carbons (Fsp3) is 0.571. The third kappa shape index (κ3) is 3.04. The van der Waals surface area contributed by atoms with E-state index in [0.29, 0.717) is 12.1 Å². The van der Waals surface area contributed by atoms with Crippen molar-refractivity contribution in [2.75, 3.05) is 12.3 Å². The quantitative estimate of drug-likeness (QED) is 0.789. The molecule has 9 heteroatoms. The van der Waals surface area contributed by atoms with Gasteiger partial charge in [-0.15, -0.1) is 0 Å². The second-order valence-electron chi connectivity index (χ2n) is 5.85. The molecular formula is C14H19N5O4. The summed E-state index contributed by atoms with van der Waals surface area (Å²) in [6.45, 7) is 3.79. The Kier molecular flexibility index (Phi) is 4.03. The van der Waals surface area contributed by atoms with E-state index in [1.165, 1.54) is 6.33 Å². The van der Waals surface area contributed by atoms with E-state index in [4.69, 9.17) is 15.2 Å². The number of fused-ring (bicyclic) bond motifs is 1. The maximum Gasteiger partial charge on any atom is 0.308 e. The summed E-state index contributed by atoms with van der Waals surface area (Å²) in [5, 5.41) is 0. The highest BCUT2D eigenvalue weighted by Gasteiger charge is 2.29. The molecule has 2 unspecified atom stereocenters. The number of nitrogen functional groups attached to an aromatic ring is 1. The van der Waals surface area contributed by atoms with Crippen LogP contribution >= 0.6 is 0 Å². The molecule has 3 rings (SSSR count). The summed E-state index contributed by atoms with van der Waals surface area (Å²) in [6, 6.07) is 0. The van der Waals surface area contributed by atoms with Crippen LogP contribution in [0.25, 0.3) is 11.2 Å². The lowest BCUT2D eigenvalue weighted by Crippen LogP contribution is -2.21. The summed E-state index contributed by atoms with van der Waals surface area (Å²) in [5.41, 5.74) is 5.80. The normalized spacial score (nSPS) is 21.2. The maximum absolute atomic E-state index is 11.8. The minimum Gasteiger partial charge on any atom is -0.463 e. The van der Waals surface area contributed by atoms with E-state index in [9.17, 15) is 9.59 Å². The fourth-order valence-electron chi connectivity index (χ4n) is 2.51. The molecule has 2 atom stereocenters. The zero-order chi connectivity index (χ0) is 16.6. The third-order valence-corrected chi connectivity index (χ3v) is 3.73. The zero-order valence-electron chi connectivity index (χ0n) is 13.0. The van der Waals surface area contributed by atoms with Crippen LogP contribution in [0.1, 0.15) is 32.9 Å². The molecule has 2 aromatic rings. The van der Waals surface area contributed by atoms with E-state index < -0.39 is 0 Å². The number of imidazole rings is 1. The van der Waals surface area contributed by atoms with Gasteiger partial charge in [-0.2, -0.15) is 4.98 Å². The molecule has 9 nitrogen and oxygen atoms in total. The number of aromatic nitrogens is 4. The summed E-state index contributed by atoms with van der Waals surface area (Å²) >= 11 is 0. The van der Waals surface area contributed by atoms with E-state index in [1.807, 2.05) is 0 Å². The average Bonchev–Trinajstić information content (AvgIpc) is 3.10. The number of hydrogen-bond donors (Lipinski definition) is 2. The van der Waals surface area contributed by atoms with E-state index in [2.05, 4.69) is 15.0 Å². The number of nitrogens with one attached hydrogen (secondary N) is 1. The van der Waals surface area contributed by atoms with Gasteiger partial charge < -0.3 is 15.2 Å². The second-order valence-corrected chi connectivity index (χ2v) is 5.85. The molecule has 0 saturated carbocycles. The first kappa shape index (κ1) is 15.5. The van der Waals surface area contributed by atoms with Gasteiger partial charge in [0.15, 0.2) is 11.2 Å². The summed E-state index contributed by atoms with van der Waals surface area (Å²) in [6.07, 6.45) is 2.48. The predicted molar refractivity (Wildman–Crippen MR) is 81.5 cm³/mol. The first-order valence-corrected chi connectivity index (χ1v) is 7.50. The van der Waals surface area contributed by atoms with Gasteiger partial charge in [-0.1, -0.05) is 13.8 Å². The van der Waals surface area contributed by atoms with Gasteiger partial charge in [0.25, 0.3) is 5.56 Å². The molecular weight excluding hydrogens is 302 g/mol. The molecule has 0 bridgehead atoms. The Morgan fingerprint density at radius 3 is 3.09 bits per heavy atom. The number of aromatic amines is 1. The third-order valence-electron chi connectivity index (χ3n) is 3.73. The van der Waals surface area contributed by atoms with Crippen LogP contribution in [0.15, 0.2) is 11.1 Å². The van der Waals surface area contributed by atoms with Crippen LogP contribution in [0, 0.1) is 5.92 Å². The molecule has 0 spiro atoms. The monoisotopic (exact) mass is 321 g/mol. The first-order chi connectivity index (χ1) is 11.0. The number of rotatable bonds is 4. The van der Waals surface area contributed by atoms with Crippen molar-refractivity contribution in [1.29, 1.82) is 0 Å². The first-order valence-electron chi connectivity index (χ1n) is 7.50.